The molecule has 1 radical (unpaired) electrons. The summed E-state index contributed by atoms with van der Waals surface area (Å²) in [4.78, 5) is 2.64. The van der Waals surface area contributed by atoms with Crippen molar-refractivity contribution in [3.8, 4) is 22.3 Å². The molecule has 5 heteroatoms. The van der Waals surface area contributed by atoms with Crippen molar-refractivity contribution in [3.05, 3.63) is 209 Å². The van der Waals surface area contributed by atoms with E-state index in [0.29, 0.717) is 0 Å². The van der Waals surface area contributed by atoms with E-state index in [1.165, 1.54) is 137 Å². The Balaban J connectivity index is 1.04. The summed E-state index contributed by atoms with van der Waals surface area (Å²) in [5.41, 5.74) is 21.8. The minimum atomic E-state index is -0.475. The summed E-state index contributed by atoms with van der Waals surface area (Å²) in [6.45, 7) is 9.69. The van der Waals surface area contributed by atoms with Gasteiger partial charge < -0.3 is 10.2 Å². The van der Waals surface area contributed by atoms with E-state index in [9.17, 15) is 0 Å². The predicted octanol–water partition coefficient (Wildman–Crippen LogP) is 16.3. The van der Waals surface area contributed by atoms with Gasteiger partial charge in [-0.1, -0.05) is 167 Å². The van der Waals surface area contributed by atoms with E-state index in [1.807, 2.05) is 22.7 Å². The molecular weight excluding hydrogens is 860 g/mol. The number of benzene rings is 9. The van der Waals surface area contributed by atoms with Gasteiger partial charge in [0.05, 0.1) is 11.1 Å². The van der Waals surface area contributed by atoms with E-state index in [1.54, 1.807) is 0 Å². The molecule has 1 N–H and O–H groups in total. The van der Waals surface area contributed by atoms with Gasteiger partial charge in [-0.25, -0.2) is 0 Å². The third-order valence-electron chi connectivity index (χ3n) is 16.4. The van der Waals surface area contributed by atoms with Crippen molar-refractivity contribution in [3.63, 3.8) is 0 Å². The summed E-state index contributed by atoms with van der Waals surface area (Å²) in [5.74, 6) is 0. The Morgan fingerprint density at radius 3 is 1.81 bits per heavy atom. The molecule has 2 aliphatic carbocycles. The van der Waals surface area contributed by atoms with Gasteiger partial charge in [0.15, 0.2) is 7.28 Å². The van der Waals surface area contributed by atoms with Gasteiger partial charge in [-0.05, 0) is 122 Å². The second-order valence-electron chi connectivity index (χ2n) is 20.9. The van der Waals surface area contributed by atoms with Gasteiger partial charge >= 0.3 is 0 Å². The number of fused-ring (bicyclic) bond motifs is 18. The molecule has 2 aromatic heterocycles. The molecule has 11 aromatic rings. The molecule has 0 saturated carbocycles. The highest BCUT2D eigenvalue weighted by molar-refractivity contribution is 7.27. The van der Waals surface area contributed by atoms with Crippen LogP contribution in [0.25, 0.3) is 62.6 Å². The van der Waals surface area contributed by atoms with Crippen LogP contribution in [0.1, 0.15) is 73.9 Å². The maximum atomic E-state index is 4.14. The zero-order valence-electron chi connectivity index (χ0n) is 38.5. The van der Waals surface area contributed by atoms with E-state index in [0.717, 1.165) is 11.4 Å². The number of anilines is 5. The van der Waals surface area contributed by atoms with E-state index in [-0.39, 0.29) is 10.8 Å². The zero-order valence-corrected chi connectivity index (χ0v) is 40.1. The number of thiophene rings is 2. The zero-order chi connectivity index (χ0) is 45.3. The molecule has 0 atom stereocenters. The van der Waals surface area contributed by atoms with E-state index in [2.05, 4.69) is 221 Å². The quantitative estimate of drug-likeness (QED) is 0.178. The van der Waals surface area contributed by atoms with Gasteiger partial charge in [0, 0.05) is 68.7 Å². The highest BCUT2D eigenvalue weighted by Gasteiger charge is 2.53. The number of nitrogens with one attached hydrogen (secondary N) is 1. The Morgan fingerprint density at radius 1 is 0.471 bits per heavy atom. The van der Waals surface area contributed by atoms with E-state index in [4.69, 9.17) is 0 Å². The van der Waals surface area contributed by atoms with Crippen molar-refractivity contribution in [1.82, 2.24) is 0 Å². The van der Waals surface area contributed by atoms with Crippen molar-refractivity contribution >= 4 is 110 Å². The van der Waals surface area contributed by atoms with Crippen LogP contribution in [0.15, 0.2) is 176 Å². The normalized spacial score (nSPS) is 16.3. The van der Waals surface area contributed by atoms with Gasteiger partial charge in [-0.2, -0.15) is 0 Å². The summed E-state index contributed by atoms with van der Waals surface area (Å²) in [6, 6.07) is 67.1. The summed E-state index contributed by atoms with van der Waals surface area (Å²) in [7, 11) is 2.54. The van der Waals surface area contributed by atoms with Crippen LogP contribution < -0.4 is 21.1 Å². The fraction of sp³-hybridized carbons (Fsp3) is 0.143. The van der Waals surface area contributed by atoms with Gasteiger partial charge in [-0.3, -0.25) is 0 Å². The maximum Gasteiger partial charge on any atom is 0.197 e. The first-order valence-electron chi connectivity index (χ1n) is 24.1. The monoisotopic (exact) mass is 905 g/mol. The molecule has 2 nitrogen and oxygen atoms in total. The van der Waals surface area contributed by atoms with Crippen LogP contribution in [0.2, 0.25) is 0 Å². The smallest absolute Gasteiger partial charge is 0.197 e. The molecule has 0 saturated heterocycles. The summed E-state index contributed by atoms with van der Waals surface area (Å²) < 4.78 is 5.25. The first-order valence-corrected chi connectivity index (χ1v) is 25.8. The number of para-hydroxylation sites is 2. The predicted molar refractivity (Wildman–Crippen MR) is 293 cm³/mol. The molecular formula is C63H46BN2S2. The Labute approximate surface area is 405 Å². The lowest BCUT2D eigenvalue weighted by molar-refractivity contribution is 0.332. The molecule has 9 aromatic carbocycles. The van der Waals surface area contributed by atoms with Crippen molar-refractivity contribution in [1.29, 1.82) is 0 Å². The third kappa shape index (κ3) is 5.03. The lowest BCUT2D eigenvalue weighted by Crippen LogP contribution is -2.47. The molecule has 68 heavy (non-hydrogen) atoms. The molecule has 0 bridgehead atoms. The number of nitrogens with zero attached hydrogens (tertiary/aromatic N) is 1. The molecule has 1 spiro atoms. The summed E-state index contributed by atoms with van der Waals surface area (Å²) >= 11 is 3.86. The van der Waals surface area contributed by atoms with E-state index >= 15 is 0 Å². The highest BCUT2D eigenvalue weighted by atomic mass is 32.1. The molecule has 15 rings (SSSR count). The van der Waals surface area contributed by atoms with Crippen LogP contribution in [-0.4, -0.2) is 7.28 Å². The summed E-state index contributed by atoms with van der Waals surface area (Å²) in [5, 5.41) is 9.35. The molecule has 2 aliphatic heterocycles. The molecule has 0 unspecified atom stereocenters. The molecule has 323 valence electrons. The number of hydrogen-bond acceptors (Lipinski definition) is 4. The molecule has 4 aliphatic rings. The minimum absolute atomic E-state index is 0.0930. The van der Waals surface area contributed by atoms with Crippen LogP contribution in [0.5, 0.6) is 0 Å². The molecule has 0 fully saturated rings. The average Bonchev–Trinajstić information content (AvgIpc) is 4.02. The number of rotatable bonds is 3. The highest BCUT2D eigenvalue weighted by Crippen LogP contribution is 2.64. The Kier molecular flexibility index (Phi) is 7.84. The lowest BCUT2D eigenvalue weighted by Gasteiger charge is -2.48. The first kappa shape index (κ1) is 39.1. The van der Waals surface area contributed by atoms with Gasteiger partial charge in [-0.15, -0.1) is 22.7 Å². The molecule has 0 amide bonds. The van der Waals surface area contributed by atoms with Gasteiger partial charge in [0.2, 0.25) is 0 Å². The van der Waals surface area contributed by atoms with Crippen molar-refractivity contribution < 1.29 is 0 Å². The van der Waals surface area contributed by atoms with Crippen LogP contribution in [0, 0.1) is 0 Å². The average molecular weight is 906 g/mol. The molecule has 4 heterocycles. The fourth-order valence-electron chi connectivity index (χ4n) is 13.1. The standard InChI is InChI=1S/C63H46BN2S2/c1-61(2)32-33-62(3,4)48-34-36(28-30-45(48)61)65-50-31-29-41-39-18-7-13-26-53(39)67-59(41)55(50)56-57-52(35-42-40-19-8-14-27-54(40)68-60(42)56)66-51-25-12-11-22-46(51)63(47-23-15-24-49(64-57)58(47)66)43-20-9-5-16-37(43)38-17-6-10-21-44(38)63/h5-31,34-35,65H,32-33H2,1-4H3. The topological polar surface area (TPSA) is 15.3 Å². The van der Waals surface area contributed by atoms with Crippen LogP contribution in [-0.2, 0) is 16.2 Å². The van der Waals surface area contributed by atoms with Gasteiger partial charge in [0.25, 0.3) is 0 Å². The minimum Gasteiger partial charge on any atom is -0.355 e. The van der Waals surface area contributed by atoms with Crippen LogP contribution >= 0.6 is 22.7 Å². The second-order valence-corrected chi connectivity index (χ2v) is 23.0. The fourth-order valence-corrected chi connectivity index (χ4v) is 15.6. The Bertz CT molecular complexity index is 3970. The van der Waals surface area contributed by atoms with Crippen LogP contribution in [0.3, 0.4) is 0 Å². The summed E-state index contributed by atoms with van der Waals surface area (Å²) in [6.07, 6.45) is 2.37. The van der Waals surface area contributed by atoms with Crippen LogP contribution in [0.4, 0.5) is 28.4 Å². The third-order valence-corrected chi connectivity index (χ3v) is 18.8. The lowest BCUT2D eigenvalue weighted by atomic mass is 9.54. The second kappa shape index (κ2) is 13.6. The largest absolute Gasteiger partial charge is 0.355 e. The SMILES string of the molecule is CC1(C)CCC(C)(C)c2cc(Nc3ccc4c(sc5ccccc54)c3-c3c4c(cc5c3sc3ccccc35)N3c5ccccc5C5(c6ccccc6-c6ccccc65)c5cccc(c53)[B]4)ccc21. The Hall–Kier alpha value is -6.92. The van der Waals surface area contributed by atoms with E-state index < -0.39 is 5.41 Å². The van der Waals surface area contributed by atoms with Crippen molar-refractivity contribution in [2.75, 3.05) is 10.2 Å². The Morgan fingerprint density at radius 2 is 1.07 bits per heavy atom. The first-order chi connectivity index (χ1) is 33.2. The van der Waals surface area contributed by atoms with Crippen molar-refractivity contribution in [2.24, 2.45) is 0 Å². The van der Waals surface area contributed by atoms with Crippen molar-refractivity contribution in [2.45, 2.75) is 56.8 Å². The number of hydrogen-bond donors (Lipinski definition) is 1. The van der Waals surface area contributed by atoms with Gasteiger partial charge in [0.1, 0.15) is 0 Å². The maximum absolute atomic E-state index is 4.14.